The van der Waals surface area contributed by atoms with Gasteiger partial charge in [0.15, 0.2) is 5.54 Å². The quantitative estimate of drug-likeness (QED) is 0.594. The van der Waals surface area contributed by atoms with Crippen molar-refractivity contribution in [2.75, 3.05) is 38.2 Å². The highest BCUT2D eigenvalue weighted by Crippen LogP contribution is 2.29. The molecular weight excluding hydrogens is 452 g/mol. The van der Waals surface area contributed by atoms with Gasteiger partial charge in [0, 0.05) is 18.8 Å². The molecule has 3 heterocycles. The zero-order valence-electron chi connectivity index (χ0n) is 18.2. The Labute approximate surface area is 190 Å². The number of urea groups is 1. The minimum absolute atomic E-state index is 0.0330. The Balaban J connectivity index is 1.49. The number of nitrogens with one attached hydrogen (secondary N) is 2. The van der Waals surface area contributed by atoms with E-state index in [1.54, 1.807) is 25.1 Å². The Morgan fingerprint density at radius 2 is 1.94 bits per heavy atom. The summed E-state index contributed by atoms with van der Waals surface area (Å²) in [7, 11) is -3.75. The van der Waals surface area contributed by atoms with Gasteiger partial charge in [0.1, 0.15) is 12.3 Å². The number of carbonyl (C=O) groups excluding carboxylic acids is 3. The number of anilines is 1. The second-order valence-electron chi connectivity index (χ2n) is 7.97. The summed E-state index contributed by atoms with van der Waals surface area (Å²) in [6.07, 6.45) is 1.39. The lowest BCUT2D eigenvalue weighted by Gasteiger charge is -2.26. The molecule has 2 aliphatic rings. The van der Waals surface area contributed by atoms with Crippen LogP contribution in [-0.4, -0.2) is 68.3 Å². The van der Waals surface area contributed by atoms with Crippen molar-refractivity contribution in [2.24, 2.45) is 0 Å². The zero-order valence-corrected chi connectivity index (χ0v) is 19.0. The van der Waals surface area contributed by atoms with Crippen molar-refractivity contribution in [2.45, 2.75) is 24.3 Å². The van der Waals surface area contributed by atoms with E-state index in [-0.39, 0.29) is 29.4 Å². The number of furan rings is 1. The Morgan fingerprint density at radius 1 is 1.21 bits per heavy atom. The van der Waals surface area contributed by atoms with Crippen LogP contribution in [0.5, 0.6) is 0 Å². The van der Waals surface area contributed by atoms with Crippen molar-refractivity contribution in [3.63, 3.8) is 0 Å². The molecule has 0 spiro atoms. The molecule has 1 aromatic heterocycles. The first-order valence-corrected chi connectivity index (χ1v) is 11.7. The number of ether oxygens (including phenoxy) is 1. The predicted octanol–water partition coefficient (Wildman–Crippen LogP) is 1.01. The summed E-state index contributed by atoms with van der Waals surface area (Å²) in [5.74, 6) is -1.02. The summed E-state index contributed by atoms with van der Waals surface area (Å²) < 4.78 is 37.7. The highest BCUT2D eigenvalue weighted by atomic mass is 32.2. The fourth-order valence-corrected chi connectivity index (χ4v) is 5.17. The monoisotopic (exact) mass is 476 g/mol. The molecule has 2 aromatic rings. The summed E-state index contributed by atoms with van der Waals surface area (Å²) in [6, 6.07) is 6.86. The van der Waals surface area contributed by atoms with Crippen LogP contribution in [0, 0.1) is 6.92 Å². The molecule has 2 fully saturated rings. The van der Waals surface area contributed by atoms with Gasteiger partial charge in [-0.25, -0.2) is 13.2 Å². The van der Waals surface area contributed by atoms with Crippen molar-refractivity contribution >= 4 is 33.6 Å². The van der Waals surface area contributed by atoms with E-state index in [1.165, 1.54) is 29.6 Å². The van der Waals surface area contributed by atoms with E-state index in [1.807, 2.05) is 0 Å². The fraction of sp³-hybridized carbons (Fsp3) is 0.381. The number of nitrogens with zero attached hydrogens (tertiary/aromatic N) is 2. The van der Waals surface area contributed by atoms with Gasteiger partial charge in [0.2, 0.25) is 15.9 Å². The Bertz CT molecular complexity index is 1190. The largest absolute Gasteiger partial charge is 0.466 e. The molecule has 4 amide bonds. The van der Waals surface area contributed by atoms with E-state index in [9.17, 15) is 22.8 Å². The number of amides is 4. The van der Waals surface area contributed by atoms with Crippen molar-refractivity contribution in [3.8, 4) is 0 Å². The molecule has 0 aliphatic carbocycles. The highest BCUT2D eigenvalue weighted by Gasteiger charge is 2.51. The molecule has 0 bridgehead atoms. The zero-order chi connectivity index (χ0) is 23.8. The lowest BCUT2D eigenvalue weighted by molar-refractivity contribution is -0.134. The number of aryl methyl sites for hydroxylation is 1. The number of rotatable bonds is 6. The number of hydrogen-bond donors (Lipinski definition) is 2. The van der Waals surface area contributed by atoms with Gasteiger partial charge in [-0.2, -0.15) is 4.31 Å². The number of carbonyl (C=O) groups is 3. The van der Waals surface area contributed by atoms with Crippen molar-refractivity contribution in [1.82, 2.24) is 14.5 Å². The normalized spacial score (nSPS) is 21.8. The van der Waals surface area contributed by atoms with E-state index in [0.29, 0.717) is 18.8 Å². The fourth-order valence-electron chi connectivity index (χ4n) is 3.74. The van der Waals surface area contributed by atoms with Gasteiger partial charge in [0.25, 0.3) is 5.91 Å². The molecule has 4 rings (SSSR count). The van der Waals surface area contributed by atoms with Crippen molar-refractivity contribution in [1.29, 1.82) is 0 Å². The topological polar surface area (TPSA) is 138 Å². The molecule has 2 saturated heterocycles. The van der Waals surface area contributed by atoms with Crippen LogP contribution in [0.2, 0.25) is 0 Å². The van der Waals surface area contributed by atoms with E-state index in [4.69, 9.17) is 9.15 Å². The molecule has 0 radical (unpaired) electrons. The third-order valence-electron chi connectivity index (χ3n) is 5.68. The third-order valence-corrected chi connectivity index (χ3v) is 7.58. The number of hydrogen-bond acceptors (Lipinski definition) is 7. The maximum Gasteiger partial charge on any atom is 0.325 e. The van der Waals surface area contributed by atoms with Crippen LogP contribution < -0.4 is 10.6 Å². The Kier molecular flexibility index (Phi) is 5.99. The summed E-state index contributed by atoms with van der Waals surface area (Å²) in [6.45, 7) is 3.80. The first-order valence-electron chi connectivity index (χ1n) is 10.3. The molecule has 1 atom stereocenters. The predicted molar refractivity (Wildman–Crippen MR) is 116 cm³/mol. The summed E-state index contributed by atoms with van der Waals surface area (Å²) in [4.78, 5) is 38.8. The molecule has 2 aliphatic heterocycles. The van der Waals surface area contributed by atoms with Crippen LogP contribution in [0.4, 0.5) is 10.5 Å². The second-order valence-corrected chi connectivity index (χ2v) is 9.90. The molecule has 11 nitrogen and oxygen atoms in total. The first-order chi connectivity index (χ1) is 15.6. The van der Waals surface area contributed by atoms with Crippen molar-refractivity contribution in [3.05, 3.63) is 47.9 Å². The van der Waals surface area contributed by atoms with Gasteiger partial charge < -0.3 is 19.8 Å². The standard InChI is InChI=1S/C21H24N4O7S/c1-14-5-6-15(33(29,30)24-7-10-31-11-8-24)12-16(14)22-18(26)13-25-19(27)21(2,23-20(25)28)17-4-3-9-32-17/h3-6,9,12H,7-8,10-11,13H2,1-2H3,(H,22,26)(H,23,28)/t21-/m1/s1. The van der Waals surface area contributed by atoms with Gasteiger partial charge in [-0.05, 0) is 43.7 Å². The average molecular weight is 477 g/mol. The van der Waals surface area contributed by atoms with Crippen LogP contribution in [0.3, 0.4) is 0 Å². The Morgan fingerprint density at radius 3 is 2.61 bits per heavy atom. The first kappa shape index (κ1) is 23.0. The maximum atomic E-state index is 12.9. The van der Waals surface area contributed by atoms with Crippen molar-refractivity contribution < 1.29 is 32.0 Å². The third kappa shape index (κ3) is 4.24. The second kappa shape index (κ2) is 8.61. The van der Waals surface area contributed by atoms with E-state index in [0.717, 1.165) is 4.90 Å². The number of sulfonamides is 1. The molecule has 1 aromatic carbocycles. The van der Waals surface area contributed by atoms with Crippen LogP contribution in [0.1, 0.15) is 18.2 Å². The van der Waals surface area contributed by atoms with Gasteiger partial charge in [-0.15, -0.1) is 0 Å². The van der Waals surface area contributed by atoms with Crippen LogP contribution in [0.25, 0.3) is 0 Å². The maximum absolute atomic E-state index is 12.9. The number of imide groups is 1. The minimum Gasteiger partial charge on any atom is -0.466 e. The lowest BCUT2D eigenvalue weighted by atomic mass is 9.99. The molecular formula is C21H24N4O7S. The SMILES string of the molecule is Cc1ccc(S(=O)(=O)N2CCOCC2)cc1NC(=O)CN1C(=O)N[C@](C)(c2ccco2)C1=O. The lowest BCUT2D eigenvalue weighted by Crippen LogP contribution is -2.42. The van der Waals surface area contributed by atoms with Gasteiger partial charge >= 0.3 is 6.03 Å². The molecule has 176 valence electrons. The number of morpholine rings is 1. The van der Waals surface area contributed by atoms with Crippen LogP contribution in [0.15, 0.2) is 45.9 Å². The van der Waals surface area contributed by atoms with E-state index in [2.05, 4.69) is 10.6 Å². The molecule has 0 saturated carbocycles. The van der Waals surface area contributed by atoms with Gasteiger partial charge in [0.05, 0.1) is 24.4 Å². The van der Waals surface area contributed by atoms with Crippen LogP contribution >= 0.6 is 0 Å². The van der Waals surface area contributed by atoms with Gasteiger partial charge in [-0.3, -0.25) is 14.5 Å². The number of benzene rings is 1. The summed E-state index contributed by atoms with van der Waals surface area (Å²) in [5, 5.41) is 5.16. The minimum atomic E-state index is -3.75. The Hall–Kier alpha value is -3.22. The van der Waals surface area contributed by atoms with E-state index < -0.39 is 40.0 Å². The molecule has 0 unspecified atom stereocenters. The molecule has 33 heavy (non-hydrogen) atoms. The molecule has 12 heteroatoms. The van der Waals surface area contributed by atoms with Gasteiger partial charge in [-0.1, -0.05) is 6.07 Å². The van der Waals surface area contributed by atoms with Crippen LogP contribution in [-0.2, 0) is 29.9 Å². The summed E-state index contributed by atoms with van der Waals surface area (Å²) >= 11 is 0. The molecule has 2 N–H and O–H groups in total. The average Bonchev–Trinajstić information content (AvgIpc) is 3.40. The highest BCUT2D eigenvalue weighted by molar-refractivity contribution is 7.89. The summed E-state index contributed by atoms with van der Waals surface area (Å²) in [5.41, 5.74) is -0.514. The smallest absolute Gasteiger partial charge is 0.325 e. The van der Waals surface area contributed by atoms with E-state index >= 15 is 0 Å².